The Bertz CT molecular complexity index is 1290. The maximum atomic E-state index is 12.4. The van der Waals surface area contributed by atoms with E-state index in [4.69, 9.17) is 4.74 Å². The van der Waals surface area contributed by atoms with Crippen molar-refractivity contribution in [3.05, 3.63) is 29.8 Å². The molecule has 0 N–H and O–H groups in total. The Labute approximate surface area is 205 Å². The molecule has 3 heterocycles. The van der Waals surface area contributed by atoms with E-state index in [9.17, 15) is 16.8 Å². The lowest BCUT2D eigenvalue weighted by atomic mass is 10.0. The predicted molar refractivity (Wildman–Crippen MR) is 135 cm³/mol. The third-order valence-electron chi connectivity index (χ3n) is 6.74. The summed E-state index contributed by atoms with van der Waals surface area (Å²) in [6.45, 7) is 3.84. The summed E-state index contributed by atoms with van der Waals surface area (Å²) in [5.41, 5.74) is 3.12. The number of piperidine rings is 1. The first-order valence-corrected chi connectivity index (χ1v) is 15.9. The van der Waals surface area contributed by atoms with Crippen molar-refractivity contribution in [1.29, 1.82) is 0 Å². The standard InChI is InChI=1S/C23H31N3O5S3/c1-2-15-33(27,28)25-11-7-17(8-12-25)18-3-6-21-22(16-18)32-23(24-21)31-19-9-13-26(14-10-19)34(29,30)20-4-5-20/h3,6-7,16,19-20H,2,4-5,8-15H2,1H3. The number of hydrogen-bond acceptors (Lipinski definition) is 7. The van der Waals surface area contributed by atoms with Crippen molar-refractivity contribution in [3.63, 3.8) is 0 Å². The minimum absolute atomic E-state index is 0.0252. The normalized spacial score (nSPS) is 21.6. The molecule has 8 nitrogen and oxygen atoms in total. The van der Waals surface area contributed by atoms with Crippen LogP contribution in [0.4, 0.5) is 0 Å². The van der Waals surface area contributed by atoms with Crippen LogP contribution in [0.15, 0.2) is 24.3 Å². The first kappa shape index (κ1) is 24.2. The molecule has 11 heteroatoms. The van der Waals surface area contributed by atoms with Gasteiger partial charge in [-0.05, 0) is 61.8 Å². The van der Waals surface area contributed by atoms with Crippen molar-refractivity contribution < 1.29 is 21.6 Å². The molecule has 0 unspecified atom stereocenters. The van der Waals surface area contributed by atoms with Crippen LogP contribution in [-0.2, 0) is 20.0 Å². The molecule has 0 amide bonds. The smallest absolute Gasteiger partial charge is 0.274 e. The summed E-state index contributed by atoms with van der Waals surface area (Å²) in [4.78, 5) is 4.62. The maximum Gasteiger partial charge on any atom is 0.274 e. The lowest BCUT2D eigenvalue weighted by molar-refractivity contribution is 0.135. The third-order valence-corrected chi connectivity index (χ3v) is 12.1. The Morgan fingerprint density at radius 1 is 1.06 bits per heavy atom. The Morgan fingerprint density at radius 2 is 1.82 bits per heavy atom. The van der Waals surface area contributed by atoms with Crippen LogP contribution in [0.3, 0.4) is 0 Å². The maximum absolute atomic E-state index is 12.4. The van der Waals surface area contributed by atoms with E-state index in [0.29, 0.717) is 57.1 Å². The summed E-state index contributed by atoms with van der Waals surface area (Å²) in [6, 6.07) is 6.13. The van der Waals surface area contributed by atoms with Gasteiger partial charge in [-0.15, -0.1) is 0 Å². The second kappa shape index (κ2) is 9.50. The van der Waals surface area contributed by atoms with Crippen LogP contribution in [0.2, 0.25) is 0 Å². The lowest BCUT2D eigenvalue weighted by Crippen LogP contribution is -2.43. The van der Waals surface area contributed by atoms with E-state index in [-0.39, 0.29) is 17.1 Å². The van der Waals surface area contributed by atoms with E-state index >= 15 is 0 Å². The van der Waals surface area contributed by atoms with Crippen LogP contribution in [0.25, 0.3) is 15.8 Å². The van der Waals surface area contributed by atoms with Gasteiger partial charge in [-0.2, -0.15) is 4.31 Å². The summed E-state index contributed by atoms with van der Waals surface area (Å²) in [6.07, 6.45) is 6.25. The largest absolute Gasteiger partial charge is 0.467 e. The average Bonchev–Trinajstić information content (AvgIpc) is 3.61. The quantitative estimate of drug-likeness (QED) is 0.524. The van der Waals surface area contributed by atoms with E-state index in [1.165, 1.54) is 11.3 Å². The molecule has 0 radical (unpaired) electrons. The van der Waals surface area contributed by atoms with Crippen LogP contribution in [0.5, 0.6) is 5.19 Å². The number of aromatic nitrogens is 1. The van der Waals surface area contributed by atoms with Gasteiger partial charge in [0.05, 0.1) is 21.2 Å². The van der Waals surface area contributed by atoms with Gasteiger partial charge in [0.25, 0.3) is 5.19 Å². The summed E-state index contributed by atoms with van der Waals surface area (Å²) in [5.74, 6) is 0.196. The van der Waals surface area contributed by atoms with Gasteiger partial charge >= 0.3 is 0 Å². The van der Waals surface area contributed by atoms with Gasteiger partial charge < -0.3 is 4.74 Å². The molecule has 2 fully saturated rings. The van der Waals surface area contributed by atoms with Gasteiger partial charge in [0.1, 0.15) is 6.10 Å². The Morgan fingerprint density at radius 3 is 2.47 bits per heavy atom. The first-order chi connectivity index (χ1) is 16.3. The van der Waals surface area contributed by atoms with Crippen molar-refractivity contribution in [2.45, 2.75) is 56.8 Å². The SMILES string of the molecule is CCCS(=O)(=O)N1CC=C(c2ccc3nc(OC4CCN(S(=O)(=O)C5CC5)CC4)sc3c2)CC1. The number of sulfonamides is 2. The zero-order valence-electron chi connectivity index (χ0n) is 19.3. The molecule has 1 aliphatic carbocycles. The molecular formula is C23H31N3O5S3. The topological polar surface area (TPSA) is 96.9 Å². The minimum atomic E-state index is -3.17. The van der Waals surface area contributed by atoms with Gasteiger partial charge in [-0.3, -0.25) is 0 Å². The molecule has 0 bridgehead atoms. The van der Waals surface area contributed by atoms with Gasteiger partial charge in [0, 0.05) is 26.2 Å². The zero-order valence-corrected chi connectivity index (χ0v) is 21.8. The van der Waals surface area contributed by atoms with Crippen LogP contribution in [-0.4, -0.2) is 73.7 Å². The van der Waals surface area contributed by atoms with Gasteiger partial charge in [0.2, 0.25) is 20.0 Å². The van der Waals surface area contributed by atoms with Crippen LogP contribution in [0, 0.1) is 0 Å². The van der Waals surface area contributed by atoms with Crippen molar-refractivity contribution in [2.75, 3.05) is 31.9 Å². The molecule has 3 aliphatic rings. The molecule has 1 aromatic carbocycles. The van der Waals surface area contributed by atoms with Gasteiger partial charge in [-0.1, -0.05) is 30.4 Å². The molecule has 186 valence electrons. The van der Waals surface area contributed by atoms with Gasteiger partial charge in [-0.25, -0.2) is 26.1 Å². The molecule has 0 atom stereocenters. The molecule has 5 rings (SSSR count). The minimum Gasteiger partial charge on any atom is -0.467 e. The van der Waals surface area contributed by atoms with Crippen LogP contribution < -0.4 is 4.74 Å². The number of nitrogens with zero attached hydrogens (tertiary/aromatic N) is 3. The van der Waals surface area contributed by atoms with Crippen molar-refractivity contribution >= 4 is 47.2 Å². The highest BCUT2D eigenvalue weighted by molar-refractivity contribution is 7.90. The summed E-state index contributed by atoms with van der Waals surface area (Å²) in [7, 11) is -6.28. The van der Waals surface area contributed by atoms with Crippen molar-refractivity contribution in [3.8, 4) is 5.19 Å². The monoisotopic (exact) mass is 525 g/mol. The summed E-state index contributed by atoms with van der Waals surface area (Å²) >= 11 is 1.50. The Hall–Kier alpha value is -1.53. The second-order valence-electron chi connectivity index (χ2n) is 9.28. The number of fused-ring (bicyclic) bond motifs is 1. The Kier molecular flexibility index (Phi) is 6.75. The lowest BCUT2D eigenvalue weighted by Gasteiger charge is -2.30. The Balaban J connectivity index is 1.22. The average molecular weight is 526 g/mol. The fraction of sp³-hybridized carbons (Fsp3) is 0.609. The van der Waals surface area contributed by atoms with Crippen molar-refractivity contribution in [1.82, 2.24) is 13.6 Å². The summed E-state index contributed by atoms with van der Waals surface area (Å²) < 4.78 is 59.8. The van der Waals surface area contributed by atoms with E-state index < -0.39 is 20.0 Å². The molecule has 1 aromatic heterocycles. The molecular weight excluding hydrogens is 494 g/mol. The molecule has 2 aromatic rings. The number of ether oxygens (including phenoxy) is 1. The molecule has 1 saturated carbocycles. The molecule has 34 heavy (non-hydrogen) atoms. The fourth-order valence-electron chi connectivity index (χ4n) is 4.63. The number of benzene rings is 1. The number of thiazole rings is 1. The third kappa shape index (κ3) is 5.04. The van der Waals surface area contributed by atoms with E-state index in [0.717, 1.165) is 34.2 Å². The molecule has 0 spiro atoms. The van der Waals surface area contributed by atoms with Crippen LogP contribution in [0.1, 0.15) is 51.0 Å². The highest BCUT2D eigenvalue weighted by Crippen LogP contribution is 2.35. The first-order valence-electron chi connectivity index (χ1n) is 12.0. The zero-order chi connectivity index (χ0) is 23.9. The number of rotatable bonds is 8. The molecule has 2 aliphatic heterocycles. The van der Waals surface area contributed by atoms with E-state index in [1.54, 1.807) is 8.61 Å². The molecule has 1 saturated heterocycles. The summed E-state index contributed by atoms with van der Waals surface area (Å²) in [5, 5.41) is 0.455. The van der Waals surface area contributed by atoms with Gasteiger partial charge in [0.15, 0.2) is 0 Å². The van der Waals surface area contributed by atoms with Crippen LogP contribution >= 0.6 is 11.3 Å². The van der Waals surface area contributed by atoms with E-state index in [1.807, 2.05) is 25.1 Å². The predicted octanol–water partition coefficient (Wildman–Crippen LogP) is 3.46. The van der Waals surface area contributed by atoms with E-state index in [2.05, 4.69) is 11.1 Å². The van der Waals surface area contributed by atoms with Crippen molar-refractivity contribution in [2.24, 2.45) is 0 Å². The highest BCUT2D eigenvalue weighted by Gasteiger charge is 2.41. The highest BCUT2D eigenvalue weighted by atomic mass is 32.2. The number of hydrogen-bond donors (Lipinski definition) is 0. The second-order valence-corrected chi connectivity index (χ2v) is 14.6. The fourth-order valence-corrected chi connectivity index (χ4v) is 8.87.